The van der Waals surface area contributed by atoms with Crippen molar-refractivity contribution in [2.45, 2.75) is 19.4 Å². The molecule has 100 valence electrons. The van der Waals surface area contributed by atoms with Gasteiger partial charge in [0.15, 0.2) is 5.69 Å². The molecule has 3 N–H and O–H groups in total. The van der Waals surface area contributed by atoms with E-state index in [2.05, 4.69) is 15.3 Å². The van der Waals surface area contributed by atoms with Crippen LogP contribution in [-0.4, -0.2) is 52.5 Å². The maximum atomic E-state index is 10.9. The Morgan fingerprint density at radius 1 is 1.56 bits per heavy atom. The highest BCUT2D eigenvalue weighted by Gasteiger charge is 2.12. The lowest BCUT2D eigenvalue weighted by Gasteiger charge is -2.17. The molecule has 0 saturated carbocycles. The second-order valence-corrected chi connectivity index (χ2v) is 3.83. The van der Waals surface area contributed by atoms with Crippen LogP contribution < -0.4 is 5.32 Å². The number of hydrogen-bond acceptors (Lipinski definition) is 6. The van der Waals surface area contributed by atoms with E-state index in [0.717, 1.165) is 0 Å². The van der Waals surface area contributed by atoms with Crippen molar-refractivity contribution >= 4 is 11.9 Å². The number of aliphatic hydroxyl groups is 1. The van der Waals surface area contributed by atoms with Crippen molar-refractivity contribution in [2.75, 3.05) is 25.6 Å². The summed E-state index contributed by atoms with van der Waals surface area (Å²) < 4.78 is 4.99. The van der Waals surface area contributed by atoms with Crippen molar-refractivity contribution < 1.29 is 19.7 Å². The number of ether oxygens (including phenoxy) is 1. The third kappa shape index (κ3) is 4.27. The zero-order valence-electron chi connectivity index (χ0n) is 10.4. The summed E-state index contributed by atoms with van der Waals surface area (Å²) in [5, 5.41) is 20.7. The smallest absolute Gasteiger partial charge is 0.354 e. The van der Waals surface area contributed by atoms with Crippen LogP contribution in [0.15, 0.2) is 6.07 Å². The number of aromatic carboxylic acids is 1. The molecule has 0 amide bonds. The summed E-state index contributed by atoms with van der Waals surface area (Å²) in [5.74, 6) is -0.878. The number of nitrogens with zero attached hydrogens (tertiary/aromatic N) is 2. The molecule has 1 unspecified atom stereocenters. The molecule has 7 nitrogen and oxygen atoms in total. The Kier molecular flexibility index (Phi) is 5.47. The molecule has 0 aromatic carbocycles. The van der Waals surface area contributed by atoms with E-state index in [-0.39, 0.29) is 24.3 Å². The van der Waals surface area contributed by atoms with Gasteiger partial charge in [-0.05, 0) is 19.4 Å². The molecular formula is C11H17N3O4. The van der Waals surface area contributed by atoms with E-state index in [9.17, 15) is 4.79 Å². The maximum absolute atomic E-state index is 10.9. The van der Waals surface area contributed by atoms with Gasteiger partial charge in [-0.2, -0.15) is 0 Å². The maximum Gasteiger partial charge on any atom is 0.354 e. The van der Waals surface area contributed by atoms with Crippen LogP contribution >= 0.6 is 0 Å². The van der Waals surface area contributed by atoms with Gasteiger partial charge in [-0.15, -0.1) is 0 Å². The molecule has 1 heterocycles. The van der Waals surface area contributed by atoms with E-state index < -0.39 is 5.97 Å². The van der Waals surface area contributed by atoms with Crippen LogP contribution in [0.5, 0.6) is 0 Å². The number of aromatic nitrogens is 2. The fourth-order valence-corrected chi connectivity index (χ4v) is 1.48. The van der Waals surface area contributed by atoms with Crippen molar-refractivity contribution in [1.29, 1.82) is 0 Å². The summed E-state index contributed by atoms with van der Waals surface area (Å²) in [7, 11) is 1.55. The molecule has 1 rings (SSSR count). The number of aliphatic hydroxyl groups excluding tert-OH is 1. The fourth-order valence-electron chi connectivity index (χ4n) is 1.48. The van der Waals surface area contributed by atoms with Crippen LogP contribution in [-0.2, 0) is 4.74 Å². The lowest BCUT2D eigenvalue weighted by atomic mass is 10.2. The van der Waals surface area contributed by atoms with Crippen molar-refractivity contribution in [2.24, 2.45) is 0 Å². The third-order valence-corrected chi connectivity index (χ3v) is 2.25. The van der Waals surface area contributed by atoms with E-state index in [1.807, 2.05) is 0 Å². The average Bonchev–Trinajstić information content (AvgIpc) is 2.28. The quantitative estimate of drug-likeness (QED) is 0.643. The van der Waals surface area contributed by atoms with E-state index in [1.165, 1.54) is 6.07 Å². The Balaban J connectivity index is 2.84. The van der Waals surface area contributed by atoms with Crippen LogP contribution in [0.4, 0.5) is 5.95 Å². The first-order valence-electron chi connectivity index (χ1n) is 5.52. The van der Waals surface area contributed by atoms with Gasteiger partial charge in [-0.3, -0.25) is 0 Å². The Morgan fingerprint density at radius 3 is 2.83 bits per heavy atom. The first kappa shape index (κ1) is 14.3. The molecular weight excluding hydrogens is 238 g/mol. The largest absolute Gasteiger partial charge is 0.477 e. The van der Waals surface area contributed by atoms with E-state index in [1.54, 1.807) is 14.0 Å². The monoisotopic (exact) mass is 255 g/mol. The van der Waals surface area contributed by atoms with Gasteiger partial charge in [0.1, 0.15) is 0 Å². The highest BCUT2D eigenvalue weighted by Crippen LogP contribution is 2.08. The topological polar surface area (TPSA) is 105 Å². The molecule has 0 fully saturated rings. The number of hydrogen-bond donors (Lipinski definition) is 3. The van der Waals surface area contributed by atoms with Crippen molar-refractivity contribution in [3.8, 4) is 0 Å². The Bertz CT molecular complexity index is 405. The molecule has 1 aromatic rings. The van der Waals surface area contributed by atoms with Gasteiger partial charge in [-0.25, -0.2) is 14.8 Å². The second-order valence-electron chi connectivity index (χ2n) is 3.83. The van der Waals surface area contributed by atoms with E-state index in [0.29, 0.717) is 18.7 Å². The number of aryl methyl sites for hydroxylation is 1. The lowest BCUT2D eigenvalue weighted by molar-refractivity contribution is 0.0690. The third-order valence-electron chi connectivity index (χ3n) is 2.25. The highest BCUT2D eigenvalue weighted by atomic mass is 16.5. The number of anilines is 1. The van der Waals surface area contributed by atoms with Crippen molar-refractivity contribution in [3.05, 3.63) is 17.5 Å². The summed E-state index contributed by atoms with van der Waals surface area (Å²) in [5.41, 5.74) is 0.496. The Labute approximate surface area is 105 Å². The van der Waals surface area contributed by atoms with E-state index >= 15 is 0 Å². The molecule has 7 heteroatoms. The first-order chi connectivity index (χ1) is 8.56. The molecule has 0 bridgehead atoms. The first-order valence-corrected chi connectivity index (χ1v) is 5.52. The second kappa shape index (κ2) is 6.87. The van der Waals surface area contributed by atoms with Crippen molar-refractivity contribution in [3.63, 3.8) is 0 Å². The summed E-state index contributed by atoms with van der Waals surface area (Å²) in [4.78, 5) is 18.8. The van der Waals surface area contributed by atoms with Gasteiger partial charge in [0.2, 0.25) is 5.95 Å². The number of nitrogens with one attached hydrogen (secondary N) is 1. The van der Waals surface area contributed by atoms with Gasteiger partial charge in [0, 0.05) is 19.4 Å². The molecule has 0 aliphatic rings. The predicted octanol–water partition coefficient (Wildman–Crippen LogP) is 0.293. The van der Waals surface area contributed by atoms with Gasteiger partial charge in [-0.1, -0.05) is 0 Å². The van der Waals surface area contributed by atoms with Gasteiger partial charge >= 0.3 is 5.97 Å². The zero-order valence-corrected chi connectivity index (χ0v) is 10.4. The number of methoxy groups -OCH3 is 1. The molecule has 0 aliphatic carbocycles. The molecule has 0 aliphatic heterocycles. The minimum absolute atomic E-state index is 0.00136. The number of carbonyl (C=O) groups is 1. The Hall–Kier alpha value is -1.73. The van der Waals surface area contributed by atoms with Gasteiger partial charge in [0.25, 0.3) is 0 Å². The standard InChI is InChI=1S/C11H17N3O4/c1-7-5-9(10(16)17)14-11(12-7)13-8(3-4-15)6-18-2/h5,8,15H,3-4,6H2,1-2H3,(H,16,17)(H,12,13,14). The summed E-state index contributed by atoms with van der Waals surface area (Å²) >= 11 is 0. The zero-order chi connectivity index (χ0) is 13.5. The number of carboxylic acid groups (broad SMARTS) is 1. The minimum Gasteiger partial charge on any atom is -0.477 e. The fraction of sp³-hybridized carbons (Fsp3) is 0.545. The van der Waals surface area contributed by atoms with Gasteiger partial charge in [0.05, 0.1) is 12.6 Å². The van der Waals surface area contributed by atoms with Crippen LogP contribution in [0, 0.1) is 6.92 Å². The van der Waals surface area contributed by atoms with Crippen LogP contribution in [0.3, 0.4) is 0 Å². The van der Waals surface area contributed by atoms with Gasteiger partial charge < -0.3 is 20.3 Å². The molecule has 18 heavy (non-hydrogen) atoms. The normalized spacial score (nSPS) is 12.2. The van der Waals surface area contributed by atoms with Crippen molar-refractivity contribution in [1.82, 2.24) is 9.97 Å². The molecule has 1 atom stereocenters. The Morgan fingerprint density at radius 2 is 2.28 bits per heavy atom. The molecule has 0 spiro atoms. The van der Waals surface area contributed by atoms with E-state index in [4.69, 9.17) is 14.9 Å². The highest BCUT2D eigenvalue weighted by molar-refractivity contribution is 5.85. The summed E-state index contributed by atoms with van der Waals surface area (Å²) in [6.07, 6.45) is 0.466. The summed E-state index contributed by atoms with van der Waals surface area (Å²) in [6, 6.07) is 1.23. The van der Waals surface area contributed by atoms with Crippen LogP contribution in [0.25, 0.3) is 0 Å². The minimum atomic E-state index is -1.10. The number of carboxylic acids is 1. The molecule has 1 aromatic heterocycles. The average molecular weight is 255 g/mol. The van der Waals surface area contributed by atoms with Crippen LogP contribution in [0.2, 0.25) is 0 Å². The predicted molar refractivity (Wildman–Crippen MR) is 64.7 cm³/mol. The molecule has 0 radical (unpaired) electrons. The lowest BCUT2D eigenvalue weighted by Crippen LogP contribution is -2.27. The SMILES string of the molecule is COCC(CCO)Nc1nc(C)cc(C(=O)O)n1. The summed E-state index contributed by atoms with van der Waals surface area (Å²) in [6.45, 7) is 2.07. The molecule has 0 saturated heterocycles. The number of rotatable bonds is 7. The van der Waals surface area contributed by atoms with Crippen LogP contribution in [0.1, 0.15) is 22.6 Å².